The molecule has 2 N–H and O–H groups in total. The van der Waals surface area contributed by atoms with Crippen LogP contribution in [0, 0.1) is 29.1 Å². The summed E-state index contributed by atoms with van der Waals surface area (Å²) >= 11 is 3.32. The van der Waals surface area contributed by atoms with Crippen molar-refractivity contribution < 1.29 is 41.4 Å². The molecule has 3 aromatic carbocycles. The predicted molar refractivity (Wildman–Crippen MR) is 110 cm³/mol. The molecule has 11 heteroatoms. The lowest BCUT2D eigenvalue weighted by Gasteiger charge is -2.10. The fourth-order valence-corrected chi connectivity index (χ4v) is 2.96. The van der Waals surface area contributed by atoms with Crippen molar-refractivity contribution in [3.8, 4) is 11.5 Å². The average Bonchev–Trinajstić information content (AvgIpc) is 2.78. The third kappa shape index (κ3) is 5.20. The minimum absolute atomic E-state index is 0.226. The minimum Gasteiger partial charge on any atom is -0.477 e. The van der Waals surface area contributed by atoms with Gasteiger partial charge in [0.1, 0.15) is 22.8 Å². The Labute approximate surface area is 191 Å². The second kappa shape index (κ2) is 9.82. The van der Waals surface area contributed by atoms with Gasteiger partial charge >= 0.3 is 5.97 Å². The van der Waals surface area contributed by atoms with Gasteiger partial charge in [-0.2, -0.15) is 0 Å². The van der Waals surface area contributed by atoms with Gasteiger partial charge in [0.05, 0.1) is 4.47 Å². The number of aliphatic carboxylic acids is 1. The van der Waals surface area contributed by atoms with Gasteiger partial charge in [0.2, 0.25) is 5.82 Å². The first-order chi connectivity index (χ1) is 15.6. The van der Waals surface area contributed by atoms with E-state index >= 15 is 0 Å². The lowest BCUT2D eigenvalue weighted by Crippen LogP contribution is -2.29. The van der Waals surface area contributed by atoms with Crippen LogP contribution in [0.2, 0.25) is 0 Å². The zero-order valence-corrected chi connectivity index (χ0v) is 17.7. The first kappa shape index (κ1) is 23.9. The highest BCUT2D eigenvalue weighted by Crippen LogP contribution is 2.29. The van der Waals surface area contributed by atoms with Crippen LogP contribution in [0.3, 0.4) is 0 Å². The van der Waals surface area contributed by atoms with E-state index < -0.39 is 52.2 Å². The number of hydrogen-bond acceptors (Lipinski definition) is 3. The van der Waals surface area contributed by atoms with Crippen molar-refractivity contribution in [1.82, 2.24) is 5.32 Å². The van der Waals surface area contributed by atoms with Gasteiger partial charge in [0, 0.05) is 0 Å². The van der Waals surface area contributed by atoms with E-state index in [9.17, 15) is 36.6 Å². The summed E-state index contributed by atoms with van der Waals surface area (Å²) in [4.78, 5) is 23.6. The summed E-state index contributed by atoms with van der Waals surface area (Å²) in [5.41, 5.74) is -2.45. The number of halogens is 6. The molecule has 5 nitrogen and oxygen atoms in total. The monoisotopic (exact) mass is 527 g/mol. The first-order valence-corrected chi connectivity index (χ1v) is 9.69. The molecule has 0 aliphatic carbocycles. The van der Waals surface area contributed by atoms with Crippen LogP contribution < -0.4 is 10.1 Å². The van der Waals surface area contributed by atoms with Gasteiger partial charge < -0.3 is 15.2 Å². The van der Waals surface area contributed by atoms with Gasteiger partial charge in [-0.3, -0.25) is 4.79 Å². The summed E-state index contributed by atoms with van der Waals surface area (Å²) in [7, 11) is 0. The normalized spacial score (nSPS) is 11.3. The molecule has 33 heavy (non-hydrogen) atoms. The molecule has 0 radical (unpaired) electrons. The number of benzene rings is 3. The number of carbonyl (C=O) groups is 2. The van der Waals surface area contributed by atoms with E-state index in [-0.39, 0.29) is 5.56 Å². The van der Waals surface area contributed by atoms with Crippen LogP contribution >= 0.6 is 15.9 Å². The Morgan fingerprint density at radius 1 is 0.848 bits per heavy atom. The van der Waals surface area contributed by atoms with E-state index in [1.54, 1.807) is 29.6 Å². The maximum absolute atomic E-state index is 13.8. The number of ether oxygens (including phenoxy) is 1. The SMILES string of the molecule is O=C(O)/C(=C/c1ccc(Oc2ccccc2Br)cc1)NC(=O)c1c(F)c(F)c(F)c(F)c1F. The minimum atomic E-state index is -2.44. The molecule has 1 amide bonds. The molecule has 3 rings (SSSR count). The Morgan fingerprint density at radius 3 is 1.94 bits per heavy atom. The second-order valence-corrected chi connectivity index (χ2v) is 7.22. The van der Waals surface area contributed by atoms with Gasteiger partial charge in [0.25, 0.3) is 5.91 Å². The maximum atomic E-state index is 13.8. The fourth-order valence-electron chi connectivity index (χ4n) is 2.59. The Kier molecular flexibility index (Phi) is 7.12. The van der Waals surface area contributed by atoms with E-state index in [1.807, 2.05) is 0 Å². The van der Waals surface area contributed by atoms with E-state index in [4.69, 9.17) is 4.74 Å². The quantitative estimate of drug-likeness (QED) is 0.184. The van der Waals surface area contributed by atoms with Crippen LogP contribution in [-0.4, -0.2) is 17.0 Å². The van der Waals surface area contributed by atoms with E-state index in [0.29, 0.717) is 16.0 Å². The molecule has 0 saturated carbocycles. The second-order valence-electron chi connectivity index (χ2n) is 6.36. The molecule has 0 unspecified atom stereocenters. The van der Waals surface area contributed by atoms with Crippen molar-refractivity contribution >= 4 is 33.9 Å². The van der Waals surface area contributed by atoms with Crippen LogP contribution in [-0.2, 0) is 4.79 Å². The number of para-hydroxylation sites is 1. The number of rotatable bonds is 6. The largest absolute Gasteiger partial charge is 0.477 e. The molecule has 0 fully saturated rings. The van der Waals surface area contributed by atoms with Crippen molar-refractivity contribution in [1.29, 1.82) is 0 Å². The average molecular weight is 528 g/mol. The fraction of sp³-hybridized carbons (Fsp3) is 0. The molecule has 0 bridgehead atoms. The predicted octanol–water partition coefficient (Wildman–Crippen LogP) is 5.79. The third-order valence-electron chi connectivity index (χ3n) is 4.17. The van der Waals surface area contributed by atoms with E-state index in [0.717, 1.165) is 6.08 Å². The summed E-state index contributed by atoms with van der Waals surface area (Å²) in [6.07, 6.45) is 0.925. The molecule has 0 heterocycles. The number of amides is 1. The van der Waals surface area contributed by atoms with Gasteiger partial charge in [0.15, 0.2) is 23.3 Å². The van der Waals surface area contributed by atoms with Gasteiger partial charge in [-0.25, -0.2) is 26.7 Å². The van der Waals surface area contributed by atoms with Gasteiger partial charge in [-0.1, -0.05) is 24.3 Å². The Morgan fingerprint density at radius 2 is 1.39 bits per heavy atom. The lowest BCUT2D eigenvalue weighted by molar-refractivity contribution is -0.132. The van der Waals surface area contributed by atoms with Crippen molar-refractivity contribution in [2.24, 2.45) is 0 Å². The molecule has 0 saturated heterocycles. The Hall–Kier alpha value is -3.73. The lowest BCUT2D eigenvalue weighted by atomic mass is 10.1. The van der Waals surface area contributed by atoms with Crippen LogP contribution in [0.4, 0.5) is 22.0 Å². The molecule has 3 aromatic rings. The molecule has 0 aromatic heterocycles. The van der Waals surface area contributed by atoms with Crippen molar-refractivity contribution in [2.45, 2.75) is 0 Å². The maximum Gasteiger partial charge on any atom is 0.352 e. The summed E-state index contributed by atoms with van der Waals surface area (Å²) in [6, 6.07) is 12.8. The van der Waals surface area contributed by atoms with Crippen molar-refractivity contribution in [2.75, 3.05) is 0 Å². The molecule has 0 atom stereocenters. The summed E-state index contributed by atoms with van der Waals surface area (Å²) in [5, 5.41) is 10.9. The highest BCUT2D eigenvalue weighted by Gasteiger charge is 2.30. The van der Waals surface area contributed by atoms with Crippen LogP contribution in [0.15, 0.2) is 58.7 Å². The Bertz CT molecular complexity index is 1250. The smallest absolute Gasteiger partial charge is 0.352 e. The van der Waals surface area contributed by atoms with Gasteiger partial charge in [-0.05, 0) is 51.8 Å². The molecule has 0 aliphatic rings. The van der Waals surface area contributed by atoms with Crippen LogP contribution in [0.5, 0.6) is 11.5 Å². The molecule has 170 valence electrons. The number of carboxylic acids is 1. The number of hydrogen-bond donors (Lipinski definition) is 2. The van der Waals surface area contributed by atoms with Crippen LogP contribution in [0.1, 0.15) is 15.9 Å². The van der Waals surface area contributed by atoms with Crippen molar-refractivity contribution in [3.63, 3.8) is 0 Å². The molecule has 0 aliphatic heterocycles. The molecular formula is C22H11BrF5NO4. The van der Waals surface area contributed by atoms with Crippen molar-refractivity contribution in [3.05, 3.63) is 98.9 Å². The topological polar surface area (TPSA) is 75.6 Å². The standard InChI is InChI=1S/C22H11BrF5NO4/c23-12-3-1-2-4-14(12)33-11-7-5-10(6-8-11)9-13(22(31)32)29-21(30)15-16(24)18(26)20(28)19(27)17(15)25/h1-9H,(H,29,30)(H,31,32)/b13-9-. The third-order valence-corrected chi connectivity index (χ3v) is 4.83. The zero-order valence-electron chi connectivity index (χ0n) is 16.1. The first-order valence-electron chi connectivity index (χ1n) is 8.90. The number of nitrogens with one attached hydrogen (secondary N) is 1. The molecular weight excluding hydrogens is 517 g/mol. The number of carboxylic acid groups (broad SMARTS) is 1. The highest BCUT2D eigenvalue weighted by molar-refractivity contribution is 9.10. The zero-order chi connectivity index (χ0) is 24.3. The summed E-state index contributed by atoms with van der Waals surface area (Å²) < 4.78 is 73.8. The number of carbonyl (C=O) groups excluding carboxylic acids is 1. The molecule has 0 spiro atoms. The Balaban J connectivity index is 1.85. The highest BCUT2D eigenvalue weighted by atomic mass is 79.9. The van der Waals surface area contributed by atoms with E-state index in [2.05, 4.69) is 15.9 Å². The van der Waals surface area contributed by atoms with Gasteiger partial charge in [-0.15, -0.1) is 0 Å². The van der Waals surface area contributed by atoms with E-state index in [1.165, 1.54) is 24.3 Å². The van der Waals surface area contributed by atoms with Crippen LogP contribution in [0.25, 0.3) is 6.08 Å². The summed E-state index contributed by atoms with van der Waals surface area (Å²) in [6.45, 7) is 0. The summed E-state index contributed by atoms with van der Waals surface area (Å²) in [5.74, 6) is -14.5.